The molecule has 0 radical (unpaired) electrons. The number of likely N-dealkylation sites (N-methyl/N-ethyl adjacent to an activating group) is 1. The van der Waals surface area contributed by atoms with Crippen LogP contribution in [0.1, 0.15) is 34.6 Å². The minimum atomic E-state index is -0.563. The zero-order valence-electron chi connectivity index (χ0n) is 14.1. The monoisotopic (exact) mass is 296 g/mol. The molecule has 0 aliphatic carbocycles. The molecular weight excluding hydrogens is 268 g/mol. The zero-order chi connectivity index (χ0) is 16.2. The van der Waals surface area contributed by atoms with Crippen LogP contribution in [0.4, 0.5) is 0 Å². The van der Waals surface area contributed by atoms with Crippen molar-refractivity contribution in [1.82, 2.24) is 9.80 Å². The fourth-order valence-corrected chi connectivity index (χ4v) is 2.60. The van der Waals surface area contributed by atoms with Crippen LogP contribution in [0.5, 0.6) is 0 Å². The molecule has 0 bridgehead atoms. The third-order valence-electron chi connectivity index (χ3n) is 3.61. The van der Waals surface area contributed by atoms with E-state index in [2.05, 4.69) is 37.3 Å². The summed E-state index contributed by atoms with van der Waals surface area (Å²) in [7, 11) is 2.11. The predicted octanol–water partition coefficient (Wildman–Crippen LogP) is 2.23. The number of hydrogen-bond donors (Lipinski definition) is 0. The van der Waals surface area contributed by atoms with Crippen LogP contribution in [0.3, 0.4) is 0 Å². The van der Waals surface area contributed by atoms with Gasteiger partial charge in [0, 0.05) is 32.5 Å². The number of allylic oxidation sites excluding steroid dienone is 1. The van der Waals surface area contributed by atoms with Crippen molar-refractivity contribution in [2.24, 2.45) is 5.92 Å². The van der Waals surface area contributed by atoms with Crippen molar-refractivity contribution in [3.63, 3.8) is 0 Å². The van der Waals surface area contributed by atoms with E-state index in [9.17, 15) is 4.79 Å². The lowest BCUT2D eigenvalue weighted by atomic mass is 10.00. The molecule has 0 spiro atoms. The van der Waals surface area contributed by atoms with Gasteiger partial charge in [0.2, 0.25) is 6.29 Å². The van der Waals surface area contributed by atoms with Gasteiger partial charge in [-0.2, -0.15) is 0 Å². The minimum Gasteiger partial charge on any atom is -0.448 e. The third-order valence-corrected chi connectivity index (χ3v) is 3.61. The van der Waals surface area contributed by atoms with Crippen LogP contribution in [0, 0.1) is 5.92 Å². The summed E-state index contributed by atoms with van der Waals surface area (Å²) in [6, 6.07) is 0. The SMILES string of the molecule is C=C(OC(C)OC(=C=O)C(C)C)N1CCN(C)CC1(C)C. The average molecular weight is 296 g/mol. The molecule has 1 rings (SSSR count). The van der Waals surface area contributed by atoms with Gasteiger partial charge < -0.3 is 19.3 Å². The fraction of sp³-hybridized carbons (Fsp3) is 0.750. The van der Waals surface area contributed by atoms with E-state index in [1.165, 1.54) is 0 Å². The lowest BCUT2D eigenvalue weighted by molar-refractivity contribution is -0.115. The van der Waals surface area contributed by atoms with Crippen molar-refractivity contribution in [3.05, 3.63) is 18.2 Å². The van der Waals surface area contributed by atoms with E-state index in [0.717, 1.165) is 19.6 Å². The third kappa shape index (κ3) is 4.80. The highest BCUT2D eigenvalue weighted by Crippen LogP contribution is 2.25. The highest BCUT2D eigenvalue weighted by molar-refractivity contribution is 5.49. The van der Waals surface area contributed by atoms with Gasteiger partial charge in [0.05, 0.1) is 5.54 Å². The van der Waals surface area contributed by atoms with Crippen molar-refractivity contribution in [1.29, 1.82) is 0 Å². The van der Waals surface area contributed by atoms with Crippen LogP contribution in [0.15, 0.2) is 18.2 Å². The van der Waals surface area contributed by atoms with Gasteiger partial charge in [-0.1, -0.05) is 13.8 Å². The molecule has 1 aliphatic rings. The number of rotatable bonds is 6. The number of ether oxygens (including phenoxy) is 2. The molecule has 0 aromatic heterocycles. The first-order chi connectivity index (χ1) is 9.67. The normalized spacial score (nSPS) is 19.9. The van der Waals surface area contributed by atoms with Gasteiger partial charge in [0.25, 0.3) is 0 Å². The molecule has 1 fully saturated rings. The van der Waals surface area contributed by atoms with Gasteiger partial charge in [-0.05, 0) is 27.5 Å². The largest absolute Gasteiger partial charge is 0.448 e. The van der Waals surface area contributed by atoms with Crippen molar-refractivity contribution in [2.45, 2.75) is 46.4 Å². The van der Waals surface area contributed by atoms with E-state index in [1.54, 1.807) is 6.92 Å². The summed E-state index contributed by atoms with van der Waals surface area (Å²) in [5.74, 6) is 2.66. The fourth-order valence-electron chi connectivity index (χ4n) is 2.60. The maximum atomic E-state index is 10.8. The van der Waals surface area contributed by atoms with Crippen molar-refractivity contribution in [3.8, 4) is 0 Å². The van der Waals surface area contributed by atoms with Crippen LogP contribution < -0.4 is 0 Å². The standard InChI is InChI=1S/C16H28N2O3/c1-12(2)15(10-19)21-14(4)20-13(3)18-9-8-17(7)11-16(18,5)6/h12,14H,3,8-9,11H2,1-2,4-7H3. The van der Waals surface area contributed by atoms with E-state index in [1.807, 2.05) is 19.8 Å². The van der Waals surface area contributed by atoms with Crippen molar-refractivity contribution >= 4 is 5.94 Å². The Bertz CT molecular complexity index is 425. The number of carbonyl (C=O) groups excluding carboxylic acids is 1. The first-order valence-electron chi connectivity index (χ1n) is 7.40. The maximum absolute atomic E-state index is 10.8. The molecule has 1 saturated heterocycles. The van der Waals surface area contributed by atoms with E-state index in [-0.39, 0.29) is 17.2 Å². The zero-order valence-corrected chi connectivity index (χ0v) is 14.1. The van der Waals surface area contributed by atoms with E-state index in [0.29, 0.717) is 5.88 Å². The molecule has 1 atom stereocenters. The Morgan fingerprint density at radius 3 is 2.33 bits per heavy atom. The van der Waals surface area contributed by atoms with E-state index < -0.39 is 6.29 Å². The number of nitrogens with zero attached hydrogens (tertiary/aromatic N) is 2. The second-order valence-electron chi connectivity index (χ2n) is 6.52. The van der Waals surface area contributed by atoms with Crippen molar-refractivity contribution < 1.29 is 14.3 Å². The van der Waals surface area contributed by atoms with E-state index in [4.69, 9.17) is 9.47 Å². The highest BCUT2D eigenvalue weighted by atomic mass is 16.7. The van der Waals surface area contributed by atoms with Gasteiger partial charge in [0.15, 0.2) is 17.6 Å². The van der Waals surface area contributed by atoms with Gasteiger partial charge in [-0.25, -0.2) is 4.79 Å². The Morgan fingerprint density at radius 2 is 1.86 bits per heavy atom. The summed E-state index contributed by atoms with van der Waals surface area (Å²) in [4.78, 5) is 15.3. The molecule has 5 nitrogen and oxygen atoms in total. The molecule has 1 aliphatic heterocycles. The molecule has 21 heavy (non-hydrogen) atoms. The summed E-state index contributed by atoms with van der Waals surface area (Å²) < 4.78 is 11.2. The van der Waals surface area contributed by atoms with Crippen LogP contribution >= 0.6 is 0 Å². The summed E-state index contributed by atoms with van der Waals surface area (Å²) in [5.41, 5.74) is -0.0504. The molecule has 0 amide bonds. The molecule has 120 valence electrons. The van der Waals surface area contributed by atoms with Gasteiger partial charge in [0.1, 0.15) is 0 Å². The molecule has 5 heteroatoms. The second-order valence-corrected chi connectivity index (χ2v) is 6.52. The Labute approximate surface area is 128 Å². The maximum Gasteiger partial charge on any atom is 0.240 e. The molecule has 0 N–H and O–H groups in total. The molecule has 0 aromatic rings. The van der Waals surface area contributed by atoms with Crippen molar-refractivity contribution in [2.75, 3.05) is 26.7 Å². The van der Waals surface area contributed by atoms with Crippen LogP contribution in [-0.2, 0) is 14.3 Å². The molecule has 1 heterocycles. The Kier molecular flexibility index (Phi) is 5.87. The molecule has 0 saturated carbocycles. The highest BCUT2D eigenvalue weighted by Gasteiger charge is 2.34. The molecule has 0 aromatic carbocycles. The Hall–Kier alpha value is -1.45. The molecular formula is C16H28N2O3. The quantitative estimate of drug-likeness (QED) is 0.427. The first kappa shape index (κ1) is 17.6. The number of piperazine rings is 1. The van der Waals surface area contributed by atoms with Gasteiger partial charge in [-0.3, -0.25) is 0 Å². The number of hydrogen-bond acceptors (Lipinski definition) is 5. The smallest absolute Gasteiger partial charge is 0.240 e. The summed E-state index contributed by atoms with van der Waals surface area (Å²) in [6.45, 7) is 16.6. The predicted molar refractivity (Wildman–Crippen MR) is 83.1 cm³/mol. The summed E-state index contributed by atoms with van der Waals surface area (Å²) >= 11 is 0. The topological polar surface area (TPSA) is 42.0 Å². The van der Waals surface area contributed by atoms with Gasteiger partial charge in [-0.15, -0.1) is 0 Å². The lowest BCUT2D eigenvalue weighted by Gasteiger charge is -2.47. The van der Waals surface area contributed by atoms with E-state index >= 15 is 0 Å². The summed E-state index contributed by atoms with van der Waals surface area (Å²) in [6.07, 6.45) is -0.563. The minimum absolute atomic E-state index is 0.0121. The Morgan fingerprint density at radius 1 is 1.24 bits per heavy atom. The van der Waals surface area contributed by atoms with Crippen LogP contribution in [-0.4, -0.2) is 54.3 Å². The van der Waals surface area contributed by atoms with Crippen LogP contribution in [0.2, 0.25) is 0 Å². The molecule has 1 unspecified atom stereocenters. The average Bonchev–Trinajstić information content (AvgIpc) is 2.33. The first-order valence-corrected chi connectivity index (χ1v) is 7.40. The lowest BCUT2D eigenvalue weighted by Crippen LogP contribution is -2.57. The summed E-state index contributed by atoms with van der Waals surface area (Å²) in [5, 5.41) is 0. The second kappa shape index (κ2) is 7.01. The van der Waals surface area contributed by atoms with Gasteiger partial charge >= 0.3 is 0 Å². The van der Waals surface area contributed by atoms with Crippen LogP contribution in [0.25, 0.3) is 0 Å². The Balaban J connectivity index is 2.62.